The van der Waals surface area contributed by atoms with Crippen LogP contribution in [0.25, 0.3) is 0 Å². The van der Waals surface area contributed by atoms with Crippen molar-refractivity contribution >= 4 is 11.8 Å². The van der Waals surface area contributed by atoms with E-state index in [2.05, 4.69) is 4.74 Å². The highest BCUT2D eigenvalue weighted by atomic mass is 19.2. The van der Waals surface area contributed by atoms with Crippen molar-refractivity contribution < 1.29 is 23.1 Å². The number of rotatable bonds is 4. The maximum absolute atomic E-state index is 13.4. The molecule has 17 heavy (non-hydrogen) atoms. The second kappa shape index (κ2) is 5.52. The first-order valence-electron chi connectivity index (χ1n) is 5.20. The van der Waals surface area contributed by atoms with Crippen LogP contribution in [0.1, 0.15) is 29.8 Å². The van der Waals surface area contributed by atoms with Crippen molar-refractivity contribution in [3.05, 3.63) is 34.9 Å². The van der Waals surface area contributed by atoms with E-state index >= 15 is 0 Å². The van der Waals surface area contributed by atoms with Gasteiger partial charge in [0.25, 0.3) is 5.78 Å². The molecule has 0 bridgehead atoms. The molecular formula is C12H12F2O3. The van der Waals surface area contributed by atoms with Gasteiger partial charge < -0.3 is 4.74 Å². The molecule has 0 saturated heterocycles. The van der Waals surface area contributed by atoms with E-state index in [4.69, 9.17) is 0 Å². The summed E-state index contributed by atoms with van der Waals surface area (Å²) in [6.07, 6.45) is 0.431. The van der Waals surface area contributed by atoms with Gasteiger partial charge in [-0.15, -0.1) is 0 Å². The molecule has 0 aliphatic heterocycles. The third-order valence-electron chi connectivity index (χ3n) is 2.20. The Morgan fingerprint density at radius 1 is 1.24 bits per heavy atom. The molecule has 0 heterocycles. The van der Waals surface area contributed by atoms with Crippen molar-refractivity contribution in [2.24, 2.45) is 0 Å². The van der Waals surface area contributed by atoms with Crippen molar-refractivity contribution in [1.29, 1.82) is 0 Å². The van der Waals surface area contributed by atoms with Gasteiger partial charge in [-0.2, -0.15) is 0 Å². The van der Waals surface area contributed by atoms with Crippen LogP contribution in [0.4, 0.5) is 8.78 Å². The molecule has 3 nitrogen and oxygen atoms in total. The quantitative estimate of drug-likeness (QED) is 0.462. The first-order chi connectivity index (χ1) is 8.01. The second-order valence-corrected chi connectivity index (χ2v) is 3.34. The predicted octanol–water partition coefficient (Wildman–Crippen LogP) is 2.27. The molecule has 92 valence electrons. The molecule has 0 atom stereocenters. The average molecular weight is 242 g/mol. The van der Waals surface area contributed by atoms with Gasteiger partial charge in [0.1, 0.15) is 0 Å². The smallest absolute Gasteiger partial charge is 0.379 e. The number of aryl methyl sites for hydroxylation is 1. The summed E-state index contributed by atoms with van der Waals surface area (Å²) < 4.78 is 31.0. The van der Waals surface area contributed by atoms with Crippen LogP contribution in [-0.4, -0.2) is 18.4 Å². The molecule has 0 aliphatic carbocycles. The Morgan fingerprint density at radius 3 is 2.41 bits per heavy atom. The number of benzene rings is 1. The van der Waals surface area contributed by atoms with Gasteiger partial charge in [0.2, 0.25) is 0 Å². The molecule has 5 heteroatoms. The number of carbonyl (C=O) groups excluding carboxylic acids is 2. The SMILES string of the molecule is CCOC(=O)C(=O)c1cc(CC)cc(F)c1F. The van der Waals surface area contributed by atoms with Crippen molar-refractivity contribution in [1.82, 2.24) is 0 Å². The van der Waals surface area contributed by atoms with Gasteiger partial charge >= 0.3 is 5.97 Å². The van der Waals surface area contributed by atoms with Gasteiger partial charge in [0, 0.05) is 0 Å². The summed E-state index contributed by atoms with van der Waals surface area (Å²) >= 11 is 0. The molecule has 1 rings (SSSR count). The first-order valence-corrected chi connectivity index (χ1v) is 5.20. The number of hydrogen-bond acceptors (Lipinski definition) is 3. The summed E-state index contributed by atoms with van der Waals surface area (Å²) in [5, 5.41) is 0. The number of carbonyl (C=O) groups is 2. The highest BCUT2D eigenvalue weighted by Crippen LogP contribution is 2.16. The van der Waals surface area contributed by atoms with Gasteiger partial charge in [-0.1, -0.05) is 6.92 Å². The van der Waals surface area contributed by atoms with Gasteiger partial charge in [-0.25, -0.2) is 13.6 Å². The molecule has 0 spiro atoms. The molecule has 0 saturated carbocycles. The third kappa shape index (κ3) is 2.87. The average Bonchev–Trinajstić information content (AvgIpc) is 2.31. The molecule has 0 unspecified atom stereocenters. The zero-order valence-electron chi connectivity index (χ0n) is 9.55. The van der Waals surface area contributed by atoms with E-state index in [-0.39, 0.29) is 6.61 Å². The minimum absolute atomic E-state index is 0.00213. The van der Waals surface area contributed by atoms with Gasteiger partial charge in [0.05, 0.1) is 12.2 Å². The van der Waals surface area contributed by atoms with Gasteiger partial charge in [0.15, 0.2) is 11.6 Å². The zero-order valence-corrected chi connectivity index (χ0v) is 9.55. The number of Topliss-reactive ketones (excluding diaryl/α,β-unsaturated/α-hetero) is 1. The lowest BCUT2D eigenvalue weighted by atomic mass is 10.0. The number of ketones is 1. The maximum Gasteiger partial charge on any atom is 0.379 e. The van der Waals surface area contributed by atoms with Crippen LogP contribution in [-0.2, 0) is 16.0 Å². The molecule has 0 radical (unpaired) electrons. The van der Waals surface area contributed by atoms with Crippen LogP contribution >= 0.6 is 0 Å². The lowest BCUT2D eigenvalue weighted by Gasteiger charge is -2.05. The summed E-state index contributed by atoms with van der Waals surface area (Å²) in [6.45, 7) is 3.25. The number of esters is 1. The van der Waals surface area contributed by atoms with E-state index in [0.717, 1.165) is 12.1 Å². The highest BCUT2D eigenvalue weighted by Gasteiger charge is 2.23. The van der Waals surface area contributed by atoms with Gasteiger partial charge in [-0.05, 0) is 31.0 Å². The summed E-state index contributed by atoms with van der Waals surface area (Å²) in [5.41, 5.74) is -0.142. The molecule has 0 N–H and O–H groups in total. The molecule has 1 aromatic carbocycles. The minimum atomic E-state index is -1.32. The zero-order chi connectivity index (χ0) is 13.0. The van der Waals surface area contributed by atoms with E-state index in [1.165, 1.54) is 6.92 Å². The normalized spacial score (nSPS) is 10.1. The molecule has 0 fully saturated rings. The van der Waals surface area contributed by atoms with Crippen LogP contribution in [0, 0.1) is 11.6 Å². The fourth-order valence-electron chi connectivity index (χ4n) is 1.32. The van der Waals surface area contributed by atoms with E-state index in [1.807, 2.05) is 0 Å². The lowest BCUT2D eigenvalue weighted by Crippen LogP contribution is -2.19. The van der Waals surface area contributed by atoms with Crippen LogP contribution < -0.4 is 0 Å². The summed E-state index contributed by atoms with van der Waals surface area (Å²) in [5.74, 6) is -4.81. The Bertz CT molecular complexity index is 455. The van der Waals surface area contributed by atoms with Crippen molar-refractivity contribution in [3.63, 3.8) is 0 Å². The minimum Gasteiger partial charge on any atom is -0.460 e. The summed E-state index contributed by atoms with van der Waals surface area (Å²) in [4.78, 5) is 22.6. The van der Waals surface area contributed by atoms with Crippen molar-refractivity contribution in [2.75, 3.05) is 6.61 Å². The number of ether oxygens (including phenoxy) is 1. The lowest BCUT2D eigenvalue weighted by molar-refractivity contribution is -0.137. The monoisotopic (exact) mass is 242 g/mol. The largest absolute Gasteiger partial charge is 0.460 e. The predicted molar refractivity (Wildman–Crippen MR) is 56.7 cm³/mol. The van der Waals surface area contributed by atoms with E-state index in [9.17, 15) is 18.4 Å². The molecule has 0 aliphatic rings. The third-order valence-corrected chi connectivity index (χ3v) is 2.20. The molecule has 0 amide bonds. The van der Waals surface area contributed by atoms with Crippen LogP contribution in [0.5, 0.6) is 0 Å². The summed E-state index contributed by atoms with van der Waals surface area (Å²) in [6, 6.07) is 2.16. The fraction of sp³-hybridized carbons (Fsp3) is 0.333. The van der Waals surface area contributed by atoms with Crippen LogP contribution in [0.3, 0.4) is 0 Å². The maximum atomic E-state index is 13.4. The Balaban J connectivity index is 3.16. The van der Waals surface area contributed by atoms with E-state index in [0.29, 0.717) is 12.0 Å². The fourth-order valence-corrected chi connectivity index (χ4v) is 1.32. The Kier molecular flexibility index (Phi) is 4.31. The molecule has 0 aromatic heterocycles. The van der Waals surface area contributed by atoms with Crippen molar-refractivity contribution in [3.8, 4) is 0 Å². The Hall–Kier alpha value is -1.78. The van der Waals surface area contributed by atoms with Crippen molar-refractivity contribution in [2.45, 2.75) is 20.3 Å². The number of halogens is 2. The molecular weight excluding hydrogens is 230 g/mol. The first kappa shape index (κ1) is 13.3. The van der Waals surface area contributed by atoms with Crippen LogP contribution in [0.15, 0.2) is 12.1 Å². The second-order valence-electron chi connectivity index (χ2n) is 3.34. The molecule has 1 aromatic rings. The topological polar surface area (TPSA) is 43.4 Å². The van der Waals surface area contributed by atoms with Crippen LogP contribution in [0.2, 0.25) is 0 Å². The van der Waals surface area contributed by atoms with E-state index < -0.39 is 29.0 Å². The number of hydrogen-bond donors (Lipinski definition) is 0. The Morgan fingerprint density at radius 2 is 1.88 bits per heavy atom. The highest BCUT2D eigenvalue weighted by molar-refractivity contribution is 6.40. The van der Waals surface area contributed by atoms with E-state index in [1.54, 1.807) is 6.92 Å². The Labute approximate surface area is 97.4 Å². The standard InChI is InChI=1S/C12H12F2O3/c1-3-7-5-8(10(14)9(13)6-7)11(15)12(16)17-4-2/h5-6H,3-4H2,1-2H3. The van der Waals surface area contributed by atoms with Gasteiger partial charge in [-0.3, -0.25) is 4.79 Å². The summed E-state index contributed by atoms with van der Waals surface area (Å²) in [7, 11) is 0.